The van der Waals surface area contributed by atoms with Crippen molar-refractivity contribution in [2.24, 2.45) is 0 Å². The molecule has 5 heteroatoms. The molecular formula is C17H19ClN4. The third-order valence-corrected chi connectivity index (χ3v) is 4.05. The number of H-pyrrole nitrogens is 1. The van der Waals surface area contributed by atoms with Crippen molar-refractivity contribution >= 4 is 22.5 Å². The number of hydrogen-bond donors (Lipinski definition) is 2. The second-order valence-corrected chi connectivity index (χ2v) is 5.89. The standard InChI is InChI=1S/C17H19ClN4/c1-11(16-6-8-20-12(2)22-16)19-7-5-13-10-21-17-9-14(18)3-4-15(13)17/h3-4,6,8-11,19,21H,5,7H2,1-2H3/t11-/m0/s1. The van der Waals surface area contributed by atoms with Gasteiger partial charge in [-0.05, 0) is 50.6 Å². The van der Waals surface area contributed by atoms with Gasteiger partial charge < -0.3 is 10.3 Å². The lowest BCUT2D eigenvalue weighted by atomic mass is 10.1. The van der Waals surface area contributed by atoms with E-state index in [2.05, 4.69) is 39.5 Å². The molecule has 1 aromatic carbocycles. The second-order valence-electron chi connectivity index (χ2n) is 5.46. The lowest BCUT2D eigenvalue weighted by Crippen LogP contribution is -2.22. The maximum Gasteiger partial charge on any atom is 0.125 e. The van der Waals surface area contributed by atoms with Crippen molar-refractivity contribution in [2.75, 3.05) is 6.54 Å². The monoisotopic (exact) mass is 314 g/mol. The normalized spacial score (nSPS) is 12.7. The van der Waals surface area contributed by atoms with E-state index < -0.39 is 0 Å². The van der Waals surface area contributed by atoms with Gasteiger partial charge in [0.25, 0.3) is 0 Å². The van der Waals surface area contributed by atoms with Gasteiger partial charge in [-0.3, -0.25) is 0 Å². The zero-order valence-electron chi connectivity index (χ0n) is 12.7. The molecule has 0 aliphatic carbocycles. The van der Waals surface area contributed by atoms with Crippen molar-refractivity contribution in [3.05, 3.63) is 58.8 Å². The maximum absolute atomic E-state index is 6.01. The first-order chi connectivity index (χ1) is 10.6. The molecule has 22 heavy (non-hydrogen) atoms. The third kappa shape index (κ3) is 3.29. The predicted octanol–water partition coefficient (Wildman–Crippen LogP) is 3.81. The van der Waals surface area contributed by atoms with Gasteiger partial charge in [0.05, 0.1) is 5.69 Å². The molecule has 0 fully saturated rings. The van der Waals surface area contributed by atoms with Gasteiger partial charge in [-0.1, -0.05) is 17.7 Å². The number of aryl methyl sites for hydroxylation is 1. The van der Waals surface area contributed by atoms with Crippen LogP contribution in [-0.2, 0) is 6.42 Å². The van der Waals surface area contributed by atoms with E-state index in [0.717, 1.165) is 35.0 Å². The Morgan fingerprint density at radius 3 is 3.00 bits per heavy atom. The number of benzene rings is 1. The molecule has 0 spiro atoms. The van der Waals surface area contributed by atoms with Crippen molar-refractivity contribution in [1.29, 1.82) is 0 Å². The topological polar surface area (TPSA) is 53.6 Å². The van der Waals surface area contributed by atoms with Crippen LogP contribution in [0.1, 0.15) is 30.0 Å². The first kappa shape index (κ1) is 15.0. The molecule has 1 atom stereocenters. The molecule has 3 aromatic rings. The molecule has 0 aliphatic heterocycles. The molecular weight excluding hydrogens is 296 g/mol. The molecule has 114 valence electrons. The first-order valence-electron chi connectivity index (χ1n) is 7.42. The summed E-state index contributed by atoms with van der Waals surface area (Å²) < 4.78 is 0. The van der Waals surface area contributed by atoms with Crippen molar-refractivity contribution in [1.82, 2.24) is 20.3 Å². The van der Waals surface area contributed by atoms with E-state index in [-0.39, 0.29) is 6.04 Å². The summed E-state index contributed by atoms with van der Waals surface area (Å²) in [5.74, 6) is 0.805. The number of halogens is 1. The van der Waals surface area contributed by atoms with Crippen molar-refractivity contribution in [3.63, 3.8) is 0 Å². The zero-order valence-corrected chi connectivity index (χ0v) is 13.5. The summed E-state index contributed by atoms with van der Waals surface area (Å²) in [7, 11) is 0. The van der Waals surface area contributed by atoms with Crippen LogP contribution in [0.4, 0.5) is 0 Å². The summed E-state index contributed by atoms with van der Waals surface area (Å²) in [5, 5.41) is 5.50. The maximum atomic E-state index is 6.01. The van der Waals surface area contributed by atoms with Gasteiger partial charge in [0, 0.05) is 34.4 Å². The van der Waals surface area contributed by atoms with Crippen LogP contribution in [0.15, 0.2) is 36.7 Å². The number of aromatic amines is 1. The van der Waals surface area contributed by atoms with Crippen LogP contribution in [0.2, 0.25) is 5.02 Å². The van der Waals surface area contributed by atoms with Crippen molar-refractivity contribution in [2.45, 2.75) is 26.3 Å². The Morgan fingerprint density at radius 2 is 2.18 bits per heavy atom. The molecule has 3 rings (SSSR count). The highest BCUT2D eigenvalue weighted by atomic mass is 35.5. The number of nitrogens with one attached hydrogen (secondary N) is 2. The molecule has 0 saturated carbocycles. The van der Waals surface area contributed by atoms with E-state index in [1.165, 1.54) is 10.9 Å². The fourth-order valence-corrected chi connectivity index (χ4v) is 2.78. The van der Waals surface area contributed by atoms with E-state index in [4.69, 9.17) is 11.6 Å². The number of fused-ring (bicyclic) bond motifs is 1. The van der Waals surface area contributed by atoms with Crippen LogP contribution in [0.25, 0.3) is 10.9 Å². The first-order valence-corrected chi connectivity index (χ1v) is 7.80. The van der Waals surface area contributed by atoms with Crippen LogP contribution < -0.4 is 5.32 Å². The van der Waals surface area contributed by atoms with Gasteiger partial charge in [0.2, 0.25) is 0 Å². The Labute approximate surface area is 134 Å². The Bertz CT molecular complexity index is 781. The van der Waals surface area contributed by atoms with Gasteiger partial charge in [0.1, 0.15) is 5.82 Å². The summed E-state index contributed by atoms with van der Waals surface area (Å²) in [4.78, 5) is 11.9. The van der Waals surface area contributed by atoms with Crippen LogP contribution in [0, 0.1) is 6.92 Å². The van der Waals surface area contributed by atoms with Gasteiger partial charge >= 0.3 is 0 Å². The average Bonchev–Trinajstić information content (AvgIpc) is 2.89. The zero-order chi connectivity index (χ0) is 15.5. The molecule has 2 N–H and O–H groups in total. The van der Waals surface area contributed by atoms with Crippen molar-refractivity contribution < 1.29 is 0 Å². The number of hydrogen-bond acceptors (Lipinski definition) is 3. The largest absolute Gasteiger partial charge is 0.361 e. The molecule has 2 heterocycles. The molecule has 4 nitrogen and oxygen atoms in total. The number of nitrogens with zero attached hydrogens (tertiary/aromatic N) is 2. The summed E-state index contributed by atoms with van der Waals surface area (Å²) in [6.45, 7) is 4.92. The minimum atomic E-state index is 0.210. The fraction of sp³-hybridized carbons (Fsp3) is 0.294. The van der Waals surface area contributed by atoms with Crippen LogP contribution >= 0.6 is 11.6 Å². The average molecular weight is 315 g/mol. The van der Waals surface area contributed by atoms with E-state index in [0.29, 0.717) is 0 Å². The molecule has 0 saturated heterocycles. The minimum Gasteiger partial charge on any atom is -0.361 e. The van der Waals surface area contributed by atoms with E-state index in [9.17, 15) is 0 Å². The predicted molar refractivity (Wildman–Crippen MR) is 90.2 cm³/mol. The Balaban J connectivity index is 1.62. The van der Waals surface area contributed by atoms with Gasteiger partial charge in [-0.15, -0.1) is 0 Å². The Hall–Kier alpha value is -1.91. The van der Waals surface area contributed by atoms with Gasteiger partial charge in [0.15, 0.2) is 0 Å². The highest BCUT2D eigenvalue weighted by Crippen LogP contribution is 2.22. The summed E-state index contributed by atoms with van der Waals surface area (Å²) >= 11 is 6.01. The molecule has 0 amide bonds. The SMILES string of the molecule is Cc1nccc([C@H](C)NCCc2c[nH]c3cc(Cl)ccc23)n1. The van der Waals surface area contributed by atoms with E-state index in [1.54, 1.807) is 6.20 Å². The molecule has 0 bridgehead atoms. The fourth-order valence-electron chi connectivity index (χ4n) is 2.61. The Morgan fingerprint density at radius 1 is 1.32 bits per heavy atom. The summed E-state index contributed by atoms with van der Waals surface area (Å²) in [5.41, 5.74) is 3.41. The van der Waals surface area contributed by atoms with Crippen LogP contribution in [0.5, 0.6) is 0 Å². The highest BCUT2D eigenvalue weighted by Gasteiger charge is 2.08. The Kier molecular flexibility index (Phi) is 4.41. The third-order valence-electron chi connectivity index (χ3n) is 3.82. The quantitative estimate of drug-likeness (QED) is 0.753. The van der Waals surface area contributed by atoms with Crippen LogP contribution in [0.3, 0.4) is 0 Å². The number of rotatable bonds is 5. The smallest absolute Gasteiger partial charge is 0.125 e. The highest BCUT2D eigenvalue weighted by molar-refractivity contribution is 6.31. The minimum absolute atomic E-state index is 0.210. The summed E-state index contributed by atoms with van der Waals surface area (Å²) in [6, 6.07) is 8.13. The van der Waals surface area contributed by atoms with Crippen molar-refractivity contribution in [3.8, 4) is 0 Å². The lowest BCUT2D eigenvalue weighted by molar-refractivity contribution is 0.562. The molecule has 0 aliphatic rings. The molecule has 0 radical (unpaired) electrons. The van der Waals surface area contributed by atoms with E-state index in [1.807, 2.05) is 25.1 Å². The van der Waals surface area contributed by atoms with E-state index >= 15 is 0 Å². The summed E-state index contributed by atoms with van der Waals surface area (Å²) in [6.07, 6.45) is 4.82. The molecule has 2 aromatic heterocycles. The van der Waals surface area contributed by atoms with Crippen LogP contribution in [-0.4, -0.2) is 21.5 Å². The van der Waals surface area contributed by atoms with Gasteiger partial charge in [-0.2, -0.15) is 0 Å². The second kappa shape index (κ2) is 6.46. The molecule has 0 unspecified atom stereocenters. The number of aromatic nitrogens is 3. The van der Waals surface area contributed by atoms with Gasteiger partial charge in [-0.25, -0.2) is 9.97 Å². The lowest BCUT2D eigenvalue weighted by Gasteiger charge is -2.13.